The first-order valence-corrected chi connectivity index (χ1v) is 8.71. The molecule has 0 radical (unpaired) electrons. The lowest BCUT2D eigenvalue weighted by molar-refractivity contribution is 0.0693. The van der Waals surface area contributed by atoms with Crippen molar-refractivity contribution in [2.45, 2.75) is 6.92 Å². The second-order valence-electron chi connectivity index (χ2n) is 4.42. The molecule has 0 heterocycles. The van der Waals surface area contributed by atoms with Crippen molar-refractivity contribution in [2.24, 2.45) is 5.16 Å². The Hall–Kier alpha value is -2.40. The molecule has 0 aliphatic rings. The summed E-state index contributed by atoms with van der Waals surface area (Å²) < 4.78 is 7.07. The number of carboxylic acid groups (broad SMARTS) is 1. The fourth-order valence-electron chi connectivity index (χ4n) is 1.34. The van der Waals surface area contributed by atoms with E-state index in [2.05, 4.69) is 9.99 Å². The van der Waals surface area contributed by atoms with Crippen LogP contribution in [0.2, 0.25) is 0 Å². The number of rotatable bonds is 5. The van der Waals surface area contributed by atoms with Gasteiger partial charge in [-0.25, -0.2) is 23.0 Å². The third-order valence-electron chi connectivity index (χ3n) is 2.62. The third-order valence-corrected chi connectivity index (χ3v) is 4.08. The fourth-order valence-corrected chi connectivity index (χ4v) is 2.02. The quantitative estimate of drug-likeness (QED) is 0.270. The van der Waals surface area contributed by atoms with Crippen LogP contribution < -0.4 is 4.74 Å². The lowest BCUT2D eigenvalue weighted by Gasteiger charge is -2.20. The number of nitrogens with zero attached hydrogens (tertiary/aromatic N) is 3. The van der Waals surface area contributed by atoms with Gasteiger partial charge in [0.1, 0.15) is 16.4 Å². The first kappa shape index (κ1) is 20.6. The van der Waals surface area contributed by atoms with Crippen molar-refractivity contribution in [2.75, 3.05) is 20.4 Å². The summed E-state index contributed by atoms with van der Waals surface area (Å²) in [5, 5.41) is 13.2. The Kier molecular flexibility index (Phi) is 8.08. The highest BCUT2D eigenvalue weighted by Gasteiger charge is 2.21. The van der Waals surface area contributed by atoms with Gasteiger partial charge in [-0.1, -0.05) is 17.3 Å². The Morgan fingerprint density at radius 2 is 1.72 bits per heavy atom. The maximum Gasteiger partial charge on any atom is 0.447 e. The molecular formula is C14H17N3O6S2. The largest absolute Gasteiger partial charge is 0.478 e. The van der Waals surface area contributed by atoms with E-state index in [-0.39, 0.29) is 11.3 Å². The molecule has 0 aliphatic carbocycles. The van der Waals surface area contributed by atoms with Gasteiger partial charge in [0.25, 0.3) is 0 Å². The van der Waals surface area contributed by atoms with Crippen LogP contribution in [-0.4, -0.2) is 57.3 Å². The number of carboxylic acids is 1. The van der Waals surface area contributed by atoms with Crippen LogP contribution >= 0.6 is 23.9 Å². The highest BCUT2D eigenvalue weighted by atomic mass is 32.2. The summed E-state index contributed by atoms with van der Waals surface area (Å²) in [4.78, 5) is 39.6. The molecule has 0 saturated heterocycles. The Morgan fingerprint density at radius 1 is 1.12 bits per heavy atom. The molecule has 25 heavy (non-hydrogen) atoms. The second-order valence-corrected chi connectivity index (χ2v) is 6.68. The van der Waals surface area contributed by atoms with Crippen LogP contribution in [0, 0.1) is 0 Å². The topological polar surface area (TPSA) is 109 Å². The van der Waals surface area contributed by atoms with E-state index >= 15 is 0 Å². The monoisotopic (exact) mass is 387 g/mol. The zero-order chi connectivity index (χ0) is 19.0. The molecule has 136 valence electrons. The summed E-state index contributed by atoms with van der Waals surface area (Å²) in [7, 11) is 2.74. The Labute approximate surface area is 153 Å². The molecule has 9 nitrogen and oxygen atoms in total. The number of ether oxygens (including phenoxy) is 1. The first-order chi connectivity index (χ1) is 11.8. The van der Waals surface area contributed by atoms with Gasteiger partial charge in [0.15, 0.2) is 0 Å². The Balaban J connectivity index is 2.65. The SMILES string of the molecule is CSC(C)=NOC(=O)N(C)SN(C)C(=O)Oc1ccccc1C(=O)O. The summed E-state index contributed by atoms with van der Waals surface area (Å²) in [6.45, 7) is 1.68. The molecule has 11 heteroatoms. The molecule has 0 atom stereocenters. The molecule has 0 fully saturated rings. The average molecular weight is 387 g/mol. The van der Waals surface area contributed by atoms with E-state index in [1.807, 2.05) is 0 Å². The number of para-hydroxylation sites is 1. The lowest BCUT2D eigenvalue weighted by atomic mass is 10.2. The second kappa shape index (κ2) is 9.79. The summed E-state index contributed by atoms with van der Waals surface area (Å²) in [5.74, 6) is -1.32. The van der Waals surface area contributed by atoms with Gasteiger partial charge in [-0.2, -0.15) is 0 Å². The van der Waals surface area contributed by atoms with Crippen LogP contribution in [0.5, 0.6) is 5.75 Å². The van der Waals surface area contributed by atoms with Gasteiger partial charge in [-0.15, -0.1) is 11.8 Å². The molecular weight excluding hydrogens is 370 g/mol. The van der Waals surface area contributed by atoms with Crippen molar-refractivity contribution < 1.29 is 29.1 Å². The van der Waals surface area contributed by atoms with Crippen LogP contribution in [-0.2, 0) is 4.84 Å². The minimum Gasteiger partial charge on any atom is -0.478 e. The van der Waals surface area contributed by atoms with Crippen LogP contribution in [0.4, 0.5) is 9.59 Å². The number of carbonyl (C=O) groups is 3. The number of hydrogen-bond acceptors (Lipinski definition) is 8. The predicted octanol–water partition coefficient (Wildman–Crippen LogP) is 3.14. The number of benzene rings is 1. The van der Waals surface area contributed by atoms with Crippen molar-refractivity contribution >= 4 is 47.1 Å². The maximum atomic E-state index is 12.0. The third kappa shape index (κ3) is 6.55. The molecule has 0 bridgehead atoms. The van der Waals surface area contributed by atoms with Gasteiger partial charge in [-0.3, -0.25) is 4.84 Å². The van der Waals surface area contributed by atoms with E-state index in [0.29, 0.717) is 17.2 Å². The zero-order valence-corrected chi connectivity index (χ0v) is 15.6. The van der Waals surface area contributed by atoms with Gasteiger partial charge in [0, 0.05) is 14.1 Å². The van der Waals surface area contributed by atoms with Crippen molar-refractivity contribution in [3.63, 3.8) is 0 Å². The molecule has 1 N–H and O–H groups in total. The first-order valence-electron chi connectivity index (χ1n) is 6.75. The Bertz CT molecular complexity index is 682. The minimum atomic E-state index is -1.22. The standard InChI is InChI=1S/C14H17N3O6S2/c1-9(24-4)15-23-14(21)17(3)25-16(2)13(20)22-11-8-6-5-7-10(11)12(18)19/h5-8H,1-4H3,(H,18,19). The predicted molar refractivity (Wildman–Crippen MR) is 95.6 cm³/mol. The summed E-state index contributed by atoms with van der Waals surface area (Å²) in [5.41, 5.74) is -0.149. The number of carbonyl (C=O) groups excluding carboxylic acids is 2. The van der Waals surface area contributed by atoms with Crippen LogP contribution in [0.25, 0.3) is 0 Å². The van der Waals surface area contributed by atoms with E-state index < -0.39 is 18.2 Å². The van der Waals surface area contributed by atoms with Crippen molar-refractivity contribution in [3.8, 4) is 5.75 Å². The number of aromatic carboxylic acids is 1. The fraction of sp³-hybridized carbons (Fsp3) is 0.286. The molecule has 0 spiro atoms. The molecule has 0 saturated carbocycles. The smallest absolute Gasteiger partial charge is 0.447 e. The van der Waals surface area contributed by atoms with Crippen LogP contribution in [0.1, 0.15) is 17.3 Å². The normalized spacial score (nSPS) is 10.8. The van der Waals surface area contributed by atoms with Crippen LogP contribution in [0.3, 0.4) is 0 Å². The van der Waals surface area contributed by atoms with E-state index in [9.17, 15) is 14.4 Å². The molecule has 1 rings (SSSR count). The number of amides is 2. The number of thioether (sulfide) groups is 1. The molecule has 2 amide bonds. The molecule has 0 unspecified atom stereocenters. The molecule has 0 aliphatic heterocycles. The van der Waals surface area contributed by atoms with Gasteiger partial charge < -0.3 is 9.84 Å². The number of oxime groups is 1. The minimum absolute atomic E-state index is 0.0992. The van der Waals surface area contributed by atoms with Crippen molar-refractivity contribution in [1.29, 1.82) is 0 Å². The summed E-state index contributed by atoms with van der Waals surface area (Å²) in [6, 6.07) is 5.73. The molecule has 1 aromatic carbocycles. The van der Waals surface area contributed by atoms with Gasteiger partial charge in [0.2, 0.25) is 0 Å². The van der Waals surface area contributed by atoms with Crippen molar-refractivity contribution in [1.82, 2.24) is 8.61 Å². The van der Waals surface area contributed by atoms with Gasteiger partial charge >= 0.3 is 18.2 Å². The van der Waals surface area contributed by atoms with E-state index in [0.717, 1.165) is 8.61 Å². The maximum absolute atomic E-state index is 12.0. The van der Waals surface area contributed by atoms with Crippen LogP contribution in [0.15, 0.2) is 29.4 Å². The van der Waals surface area contributed by atoms with E-state index in [1.54, 1.807) is 13.2 Å². The highest BCUT2D eigenvalue weighted by molar-refractivity contribution is 8.13. The molecule has 1 aromatic rings. The Morgan fingerprint density at radius 3 is 2.32 bits per heavy atom. The zero-order valence-electron chi connectivity index (χ0n) is 14.0. The summed E-state index contributed by atoms with van der Waals surface area (Å²) in [6.07, 6.45) is 0.135. The van der Waals surface area contributed by atoms with E-state index in [1.165, 1.54) is 50.1 Å². The number of hydrogen-bond donors (Lipinski definition) is 1. The van der Waals surface area contributed by atoms with Crippen molar-refractivity contribution in [3.05, 3.63) is 29.8 Å². The average Bonchev–Trinajstić information content (AvgIpc) is 2.59. The molecule has 0 aromatic heterocycles. The summed E-state index contributed by atoms with van der Waals surface area (Å²) >= 11 is 2.02. The highest BCUT2D eigenvalue weighted by Crippen LogP contribution is 2.21. The van der Waals surface area contributed by atoms with Gasteiger partial charge in [-0.05, 0) is 25.3 Å². The van der Waals surface area contributed by atoms with E-state index in [4.69, 9.17) is 9.84 Å². The lowest BCUT2D eigenvalue weighted by Crippen LogP contribution is -2.31. The van der Waals surface area contributed by atoms with Gasteiger partial charge in [0.05, 0.1) is 12.1 Å².